The molecule has 0 atom stereocenters. The maximum atomic E-state index is 13.7. The molecule has 1 saturated heterocycles. The van der Waals surface area contributed by atoms with Crippen molar-refractivity contribution in [3.05, 3.63) is 40.3 Å². The molecular formula is C20H24ClFN4O2. The highest BCUT2D eigenvalue weighted by atomic mass is 35.5. The minimum absolute atomic E-state index is 0.0295. The summed E-state index contributed by atoms with van der Waals surface area (Å²) in [4.78, 5) is 27.7. The van der Waals surface area contributed by atoms with E-state index in [1.54, 1.807) is 17.0 Å². The summed E-state index contributed by atoms with van der Waals surface area (Å²) in [6.45, 7) is 3.76. The molecule has 0 unspecified atom stereocenters. The highest BCUT2D eigenvalue weighted by Crippen LogP contribution is 2.29. The summed E-state index contributed by atoms with van der Waals surface area (Å²) in [6.07, 6.45) is 2.33. The second-order valence-corrected chi connectivity index (χ2v) is 7.41. The number of carbonyl (C=O) groups excluding carboxylic acids is 2. The van der Waals surface area contributed by atoms with Gasteiger partial charge in [0.1, 0.15) is 11.5 Å². The monoisotopic (exact) mass is 406 g/mol. The van der Waals surface area contributed by atoms with Crippen molar-refractivity contribution in [2.75, 3.05) is 37.6 Å². The second-order valence-electron chi connectivity index (χ2n) is 7.04. The van der Waals surface area contributed by atoms with Crippen LogP contribution in [0.25, 0.3) is 0 Å². The lowest BCUT2D eigenvalue weighted by atomic mass is 10.1. The number of halogens is 2. The lowest BCUT2D eigenvalue weighted by Gasteiger charge is -2.36. The SMILES string of the molecule is CC(=O)C(=N)C1=C(NCC(=O)N2CCN(c3cccc(F)c3Cl)CC2)CCC1. The van der Waals surface area contributed by atoms with Crippen molar-refractivity contribution in [3.8, 4) is 0 Å². The Labute approximate surface area is 168 Å². The topological polar surface area (TPSA) is 76.5 Å². The summed E-state index contributed by atoms with van der Waals surface area (Å²) in [7, 11) is 0. The number of allylic oxidation sites excluding steroid dienone is 2. The fourth-order valence-electron chi connectivity index (χ4n) is 3.65. The van der Waals surface area contributed by atoms with Crippen molar-refractivity contribution in [2.45, 2.75) is 26.2 Å². The largest absolute Gasteiger partial charge is 0.379 e. The first-order valence-electron chi connectivity index (χ1n) is 9.41. The zero-order chi connectivity index (χ0) is 20.3. The molecule has 2 N–H and O–H groups in total. The minimum atomic E-state index is -0.446. The smallest absolute Gasteiger partial charge is 0.241 e. The molecule has 8 heteroatoms. The number of carbonyl (C=O) groups is 2. The van der Waals surface area contributed by atoms with Crippen LogP contribution in [0.1, 0.15) is 26.2 Å². The fourth-order valence-corrected chi connectivity index (χ4v) is 3.90. The molecule has 150 valence electrons. The number of piperazine rings is 1. The number of hydrogen-bond acceptors (Lipinski definition) is 5. The van der Waals surface area contributed by atoms with Crippen molar-refractivity contribution in [2.24, 2.45) is 0 Å². The van der Waals surface area contributed by atoms with Crippen LogP contribution in [0.4, 0.5) is 10.1 Å². The molecular weight excluding hydrogens is 383 g/mol. The van der Waals surface area contributed by atoms with E-state index in [1.807, 2.05) is 4.90 Å². The van der Waals surface area contributed by atoms with Crippen molar-refractivity contribution in [3.63, 3.8) is 0 Å². The van der Waals surface area contributed by atoms with E-state index in [0.717, 1.165) is 24.1 Å². The fraction of sp³-hybridized carbons (Fsp3) is 0.450. The van der Waals surface area contributed by atoms with E-state index < -0.39 is 5.82 Å². The molecule has 0 spiro atoms. The van der Waals surface area contributed by atoms with Gasteiger partial charge in [0, 0.05) is 38.8 Å². The first-order chi connectivity index (χ1) is 13.4. The van der Waals surface area contributed by atoms with Gasteiger partial charge in [-0.25, -0.2) is 4.39 Å². The van der Waals surface area contributed by atoms with Gasteiger partial charge in [0.05, 0.1) is 17.3 Å². The van der Waals surface area contributed by atoms with Crippen LogP contribution in [-0.2, 0) is 9.59 Å². The number of amides is 1. The Morgan fingerprint density at radius 1 is 1.21 bits per heavy atom. The first kappa shape index (κ1) is 20.3. The molecule has 1 amide bonds. The van der Waals surface area contributed by atoms with Gasteiger partial charge in [-0.2, -0.15) is 0 Å². The molecule has 0 aromatic heterocycles. The maximum Gasteiger partial charge on any atom is 0.241 e. The van der Waals surface area contributed by atoms with Crippen LogP contribution < -0.4 is 10.2 Å². The number of rotatable bonds is 6. The van der Waals surface area contributed by atoms with Crippen LogP contribution in [0, 0.1) is 11.2 Å². The van der Waals surface area contributed by atoms with Gasteiger partial charge in [-0.3, -0.25) is 15.0 Å². The summed E-state index contributed by atoms with van der Waals surface area (Å²) >= 11 is 6.06. The molecule has 0 bridgehead atoms. The van der Waals surface area contributed by atoms with Crippen molar-refractivity contribution in [1.29, 1.82) is 5.41 Å². The lowest BCUT2D eigenvalue weighted by molar-refractivity contribution is -0.130. The molecule has 1 aromatic carbocycles. The summed E-state index contributed by atoms with van der Waals surface area (Å²) in [5.74, 6) is -0.730. The number of hydrogen-bond donors (Lipinski definition) is 2. The third-order valence-electron chi connectivity index (χ3n) is 5.23. The van der Waals surface area contributed by atoms with Gasteiger partial charge in [0.15, 0.2) is 5.78 Å². The van der Waals surface area contributed by atoms with E-state index in [0.29, 0.717) is 38.3 Å². The van der Waals surface area contributed by atoms with Crippen LogP contribution in [0.15, 0.2) is 29.5 Å². The highest BCUT2D eigenvalue weighted by Gasteiger charge is 2.25. The predicted octanol–water partition coefficient (Wildman–Crippen LogP) is 2.76. The minimum Gasteiger partial charge on any atom is -0.379 e. The van der Waals surface area contributed by atoms with E-state index in [2.05, 4.69) is 5.32 Å². The summed E-state index contributed by atoms with van der Waals surface area (Å²) in [6, 6.07) is 4.74. The zero-order valence-electron chi connectivity index (χ0n) is 15.9. The first-order valence-corrected chi connectivity index (χ1v) is 9.78. The van der Waals surface area contributed by atoms with Crippen LogP contribution in [0.3, 0.4) is 0 Å². The Morgan fingerprint density at radius 2 is 1.93 bits per heavy atom. The quantitative estimate of drug-likeness (QED) is 0.712. The number of Topliss-reactive ketones (excluding diaryl/α,β-unsaturated/α-hetero) is 1. The number of anilines is 1. The Bertz CT molecular complexity index is 831. The van der Waals surface area contributed by atoms with Crippen LogP contribution >= 0.6 is 11.6 Å². The summed E-state index contributed by atoms with van der Waals surface area (Å²) in [5, 5.41) is 11.1. The standard InChI is InChI=1S/C20H24ClFN4O2/c1-13(27)20(23)14-4-2-6-16(14)24-12-18(28)26-10-8-25(9-11-26)17-7-3-5-15(22)19(17)21/h3,5,7,23-24H,2,4,6,8-12H2,1H3. The lowest BCUT2D eigenvalue weighted by Crippen LogP contribution is -2.51. The van der Waals surface area contributed by atoms with Crippen molar-refractivity contribution in [1.82, 2.24) is 10.2 Å². The zero-order valence-corrected chi connectivity index (χ0v) is 16.6. The molecule has 1 fully saturated rings. The van der Waals surface area contributed by atoms with E-state index >= 15 is 0 Å². The second kappa shape index (κ2) is 8.73. The average Bonchev–Trinajstić information content (AvgIpc) is 3.16. The molecule has 1 aliphatic heterocycles. The Hall–Kier alpha value is -2.41. The molecule has 0 saturated carbocycles. The highest BCUT2D eigenvalue weighted by molar-refractivity contribution is 6.44. The van der Waals surface area contributed by atoms with E-state index in [1.165, 1.54) is 13.0 Å². The molecule has 1 aliphatic carbocycles. The van der Waals surface area contributed by atoms with Crippen molar-refractivity contribution < 1.29 is 14.0 Å². The van der Waals surface area contributed by atoms with Gasteiger partial charge < -0.3 is 15.1 Å². The molecule has 0 radical (unpaired) electrons. The molecule has 1 aromatic rings. The van der Waals surface area contributed by atoms with Gasteiger partial charge in [-0.15, -0.1) is 0 Å². The number of nitrogens with zero attached hydrogens (tertiary/aromatic N) is 2. The van der Waals surface area contributed by atoms with Gasteiger partial charge in [0.25, 0.3) is 0 Å². The van der Waals surface area contributed by atoms with E-state index in [9.17, 15) is 14.0 Å². The van der Waals surface area contributed by atoms with Crippen molar-refractivity contribution >= 4 is 34.7 Å². The van der Waals surface area contributed by atoms with Gasteiger partial charge >= 0.3 is 0 Å². The summed E-state index contributed by atoms with van der Waals surface area (Å²) in [5.41, 5.74) is 2.24. The van der Waals surface area contributed by atoms with Gasteiger partial charge in [-0.1, -0.05) is 17.7 Å². The third-order valence-corrected chi connectivity index (χ3v) is 5.60. The molecule has 3 rings (SSSR count). The Morgan fingerprint density at radius 3 is 2.61 bits per heavy atom. The average molecular weight is 407 g/mol. The van der Waals surface area contributed by atoms with E-state index in [-0.39, 0.29) is 29.0 Å². The van der Waals surface area contributed by atoms with Crippen LogP contribution in [0.5, 0.6) is 0 Å². The number of benzene rings is 1. The molecule has 6 nitrogen and oxygen atoms in total. The van der Waals surface area contributed by atoms with Gasteiger partial charge in [0.2, 0.25) is 5.91 Å². The third kappa shape index (κ3) is 4.35. The number of ketones is 1. The molecule has 28 heavy (non-hydrogen) atoms. The maximum absolute atomic E-state index is 13.7. The van der Waals surface area contributed by atoms with Gasteiger partial charge in [-0.05, 0) is 37.0 Å². The molecule has 2 aliphatic rings. The normalized spacial score (nSPS) is 17.1. The Kier molecular flexibility index (Phi) is 6.34. The Balaban J connectivity index is 1.54. The predicted molar refractivity (Wildman–Crippen MR) is 107 cm³/mol. The van der Waals surface area contributed by atoms with E-state index in [4.69, 9.17) is 17.0 Å². The number of nitrogens with one attached hydrogen (secondary N) is 2. The van der Waals surface area contributed by atoms with Crippen LogP contribution in [-0.4, -0.2) is 55.0 Å². The van der Waals surface area contributed by atoms with Crippen LogP contribution in [0.2, 0.25) is 5.02 Å². The molecule has 1 heterocycles. The summed E-state index contributed by atoms with van der Waals surface area (Å²) < 4.78 is 13.7.